The summed E-state index contributed by atoms with van der Waals surface area (Å²) in [5, 5.41) is 12.2. The fraction of sp³-hybridized carbons (Fsp3) is 0.538. The average molecular weight is 239 g/mol. The molecular formula is C13H21NOS. The summed E-state index contributed by atoms with van der Waals surface area (Å²) < 4.78 is 0. The van der Waals surface area contributed by atoms with Gasteiger partial charge in [0.05, 0.1) is 0 Å². The molecule has 1 atom stereocenters. The second-order valence-corrected chi connectivity index (χ2v) is 5.03. The van der Waals surface area contributed by atoms with Crippen LogP contribution in [-0.2, 0) is 0 Å². The van der Waals surface area contributed by atoms with Gasteiger partial charge in [-0.3, -0.25) is 0 Å². The van der Waals surface area contributed by atoms with Gasteiger partial charge in [-0.1, -0.05) is 25.1 Å². The van der Waals surface area contributed by atoms with Crippen molar-refractivity contribution in [1.82, 2.24) is 5.32 Å². The Labute approximate surface area is 102 Å². The zero-order chi connectivity index (χ0) is 11.8. The second kappa shape index (κ2) is 7.71. The van der Waals surface area contributed by atoms with Gasteiger partial charge >= 0.3 is 0 Å². The normalized spacial score (nSPS) is 12.7. The van der Waals surface area contributed by atoms with Crippen LogP contribution in [0.1, 0.15) is 31.9 Å². The van der Waals surface area contributed by atoms with Crippen molar-refractivity contribution in [3.63, 3.8) is 0 Å². The Balaban J connectivity index is 2.62. The van der Waals surface area contributed by atoms with E-state index in [0.29, 0.717) is 6.04 Å². The summed E-state index contributed by atoms with van der Waals surface area (Å²) in [6.07, 6.45) is 0.813. The van der Waals surface area contributed by atoms with Crippen molar-refractivity contribution in [2.45, 2.75) is 31.2 Å². The van der Waals surface area contributed by atoms with Crippen LogP contribution in [0.4, 0.5) is 0 Å². The molecule has 2 N–H and O–H groups in total. The molecule has 1 rings (SSSR count). The quantitative estimate of drug-likeness (QED) is 0.567. The molecule has 90 valence electrons. The Morgan fingerprint density at radius 2 is 2.12 bits per heavy atom. The first-order valence-corrected chi connectivity index (χ1v) is 6.84. The largest absolute Gasteiger partial charge is 0.396 e. The van der Waals surface area contributed by atoms with Gasteiger partial charge in [-0.25, -0.2) is 0 Å². The predicted molar refractivity (Wildman–Crippen MR) is 71.0 cm³/mol. The lowest BCUT2D eigenvalue weighted by Crippen LogP contribution is -2.21. The van der Waals surface area contributed by atoms with E-state index in [9.17, 15) is 0 Å². The van der Waals surface area contributed by atoms with Gasteiger partial charge in [-0.15, -0.1) is 11.8 Å². The summed E-state index contributed by atoms with van der Waals surface area (Å²) in [6.45, 7) is 5.46. The van der Waals surface area contributed by atoms with E-state index in [1.54, 1.807) is 0 Å². The number of aliphatic hydroxyl groups excluding tert-OH is 1. The first kappa shape index (κ1) is 13.6. The summed E-state index contributed by atoms with van der Waals surface area (Å²) in [7, 11) is 0. The molecule has 2 nitrogen and oxygen atoms in total. The van der Waals surface area contributed by atoms with E-state index in [1.807, 2.05) is 11.8 Å². The zero-order valence-corrected chi connectivity index (χ0v) is 10.9. The number of hydrogen-bond acceptors (Lipinski definition) is 3. The van der Waals surface area contributed by atoms with Crippen molar-refractivity contribution < 1.29 is 5.11 Å². The van der Waals surface area contributed by atoms with E-state index in [4.69, 9.17) is 5.11 Å². The van der Waals surface area contributed by atoms with Gasteiger partial charge in [0, 0.05) is 17.5 Å². The van der Waals surface area contributed by atoms with Crippen molar-refractivity contribution in [2.24, 2.45) is 0 Å². The molecule has 1 aromatic rings. The highest BCUT2D eigenvalue weighted by atomic mass is 32.2. The lowest BCUT2D eigenvalue weighted by atomic mass is 10.1. The first-order valence-electron chi connectivity index (χ1n) is 5.85. The zero-order valence-electron chi connectivity index (χ0n) is 10.1. The number of rotatable bonds is 7. The Kier molecular flexibility index (Phi) is 6.53. The standard InChI is InChI=1S/C13H21NOS/c1-3-16-13-8-5-4-7-12(13)11(2)14-9-6-10-15/h4-5,7-8,11,14-15H,3,6,9-10H2,1-2H3. The summed E-state index contributed by atoms with van der Waals surface area (Å²) >= 11 is 1.88. The van der Waals surface area contributed by atoms with Gasteiger partial charge in [0.2, 0.25) is 0 Å². The predicted octanol–water partition coefficient (Wildman–Crippen LogP) is 2.83. The molecule has 1 unspecified atom stereocenters. The highest BCUT2D eigenvalue weighted by molar-refractivity contribution is 7.99. The van der Waals surface area contributed by atoms with Crippen LogP contribution in [0.3, 0.4) is 0 Å². The van der Waals surface area contributed by atoms with Crippen LogP contribution in [0.5, 0.6) is 0 Å². The van der Waals surface area contributed by atoms with Crippen molar-refractivity contribution in [1.29, 1.82) is 0 Å². The highest BCUT2D eigenvalue weighted by Gasteiger charge is 2.08. The van der Waals surface area contributed by atoms with Crippen LogP contribution in [0.15, 0.2) is 29.2 Å². The summed E-state index contributed by atoms with van der Waals surface area (Å²) in [4.78, 5) is 1.36. The van der Waals surface area contributed by atoms with Crippen LogP contribution in [-0.4, -0.2) is 24.0 Å². The molecule has 0 aliphatic heterocycles. The van der Waals surface area contributed by atoms with Gasteiger partial charge in [-0.2, -0.15) is 0 Å². The third-order valence-corrected chi connectivity index (χ3v) is 3.44. The van der Waals surface area contributed by atoms with Crippen LogP contribution < -0.4 is 5.32 Å². The van der Waals surface area contributed by atoms with E-state index < -0.39 is 0 Å². The van der Waals surface area contributed by atoms with Crippen molar-refractivity contribution in [2.75, 3.05) is 18.9 Å². The number of nitrogens with one attached hydrogen (secondary N) is 1. The molecule has 0 fully saturated rings. The Bertz CT molecular complexity index is 304. The summed E-state index contributed by atoms with van der Waals surface area (Å²) in [5.74, 6) is 1.10. The number of aliphatic hydroxyl groups is 1. The van der Waals surface area contributed by atoms with E-state index in [1.165, 1.54) is 10.5 Å². The smallest absolute Gasteiger partial charge is 0.0443 e. The van der Waals surface area contributed by atoms with Crippen LogP contribution in [0, 0.1) is 0 Å². The topological polar surface area (TPSA) is 32.3 Å². The maximum atomic E-state index is 8.74. The highest BCUT2D eigenvalue weighted by Crippen LogP contribution is 2.26. The Morgan fingerprint density at radius 1 is 1.38 bits per heavy atom. The van der Waals surface area contributed by atoms with Gasteiger partial charge in [0.15, 0.2) is 0 Å². The average Bonchev–Trinajstić information content (AvgIpc) is 2.30. The molecule has 0 aliphatic carbocycles. The molecule has 3 heteroatoms. The first-order chi connectivity index (χ1) is 7.79. The molecule has 0 saturated heterocycles. The molecule has 0 heterocycles. The third kappa shape index (κ3) is 4.16. The fourth-order valence-corrected chi connectivity index (χ4v) is 2.53. The van der Waals surface area contributed by atoms with Crippen molar-refractivity contribution >= 4 is 11.8 Å². The van der Waals surface area contributed by atoms with Crippen LogP contribution in [0.25, 0.3) is 0 Å². The maximum absolute atomic E-state index is 8.74. The minimum absolute atomic E-state index is 0.255. The van der Waals surface area contributed by atoms with Gasteiger partial charge in [-0.05, 0) is 37.3 Å². The van der Waals surface area contributed by atoms with E-state index in [2.05, 4.69) is 43.4 Å². The SMILES string of the molecule is CCSc1ccccc1C(C)NCCCO. The van der Waals surface area contributed by atoms with Gasteiger partial charge in [0.25, 0.3) is 0 Å². The molecule has 0 radical (unpaired) electrons. The fourth-order valence-electron chi connectivity index (χ4n) is 1.63. The second-order valence-electron chi connectivity index (χ2n) is 3.72. The molecule has 0 aliphatic rings. The lowest BCUT2D eigenvalue weighted by Gasteiger charge is -2.17. The lowest BCUT2D eigenvalue weighted by molar-refractivity contribution is 0.284. The molecule has 0 spiro atoms. The number of benzene rings is 1. The van der Waals surface area contributed by atoms with Crippen molar-refractivity contribution in [3.05, 3.63) is 29.8 Å². The summed E-state index contributed by atoms with van der Waals surface area (Å²) in [5.41, 5.74) is 1.35. The number of thioether (sulfide) groups is 1. The molecule has 16 heavy (non-hydrogen) atoms. The molecule has 1 aromatic carbocycles. The summed E-state index contributed by atoms with van der Waals surface area (Å²) in [6, 6.07) is 8.87. The van der Waals surface area contributed by atoms with Gasteiger partial charge < -0.3 is 10.4 Å². The Morgan fingerprint density at radius 3 is 2.81 bits per heavy atom. The van der Waals surface area contributed by atoms with E-state index in [0.717, 1.165) is 18.7 Å². The van der Waals surface area contributed by atoms with E-state index >= 15 is 0 Å². The third-order valence-electron chi connectivity index (χ3n) is 2.47. The van der Waals surface area contributed by atoms with Gasteiger partial charge in [0.1, 0.15) is 0 Å². The monoisotopic (exact) mass is 239 g/mol. The van der Waals surface area contributed by atoms with Crippen LogP contribution >= 0.6 is 11.8 Å². The van der Waals surface area contributed by atoms with Crippen molar-refractivity contribution in [3.8, 4) is 0 Å². The van der Waals surface area contributed by atoms with E-state index in [-0.39, 0.29) is 6.61 Å². The molecule has 0 amide bonds. The molecule has 0 bridgehead atoms. The molecular weight excluding hydrogens is 218 g/mol. The molecule has 0 aromatic heterocycles. The van der Waals surface area contributed by atoms with Crippen LogP contribution in [0.2, 0.25) is 0 Å². The Hall–Kier alpha value is -0.510. The minimum Gasteiger partial charge on any atom is -0.396 e. The molecule has 0 saturated carbocycles. The maximum Gasteiger partial charge on any atom is 0.0443 e. The number of hydrogen-bond donors (Lipinski definition) is 2. The minimum atomic E-state index is 0.255.